The molecule has 7 nitrogen and oxygen atoms in total. The molecule has 0 bridgehead atoms. The van der Waals surface area contributed by atoms with E-state index in [1.807, 2.05) is 6.92 Å². The zero-order valence-electron chi connectivity index (χ0n) is 15.9. The maximum Gasteiger partial charge on any atom is 0.277 e. The van der Waals surface area contributed by atoms with Crippen molar-refractivity contribution in [3.63, 3.8) is 0 Å². The van der Waals surface area contributed by atoms with Crippen molar-refractivity contribution in [2.75, 3.05) is 14.2 Å². The van der Waals surface area contributed by atoms with Crippen molar-refractivity contribution in [3.05, 3.63) is 18.2 Å². The third kappa shape index (κ3) is 4.94. The van der Waals surface area contributed by atoms with Crippen LogP contribution in [0, 0.1) is 0 Å². The zero-order chi connectivity index (χ0) is 19.2. The van der Waals surface area contributed by atoms with Crippen LogP contribution in [0.25, 0.3) is 11.5 Å². The average Bonchev–Trinajstić information content (AvgIpc) is 3.16. The van der Waals surface area contributed by atoms with Crippen LogP contribution in [0.15, 0.2) is 27.8 Å². The third-order valence-corrected chi connectivity index (χ3v) is 5.58. The topological polar surface area (TPSA) is 86.5 Å². The number of amides is 1. The molecule has 3 rings (SSSR count). The quantitative estimate of drug-likeness (QED) is 0.720. The predicted molar refractivity (Wildman–Crippen MR) is 103 cm³/mol. The lowest BCUT2D eigenvalue weighted by Gasteiger charge is -2.23. The van der Waals surface area contributed by atoms with Gasteiger partial charge in [-0.25, -0.2) is 0 Å². The van der Waals surface area contributed by atoms with Crippen LogP contribution < -0.4 is 14.8 Å². The van der Waals surface area contributed by atoms with Gasteiger partial charge >= 0.3 is 0 Å². The van der Waals surface area contributed by atoms with Gasteiger partial charge in [0.05, 0.1) is 25.0 Å². The van der Waals surface area contributed by atoms with Crippen LogP contribution >= 0.6 is 11.8 Å². The Hall–Kier alpha value is -2.22. The van der Waals surface area contributed by atoms with Crippen molar-refractivity contribution in [2.45, 2.75) is 55.5 Å². The monoisotopic (exact) mass is 391 g/mol. The van der Waals surface area contributed by atoms with Gasteiger partial charge in [-0.3, -0.25) is 4.79 Å². The number of nitrogens with zero attached hydrogens (tertiary/aromatic N) is 2. The van der Waals surface area contributed by atoms with Crippen LogP contribution in [-0.2, 0) is 4.79 Å². The SMILES string of the molecule is COc1ccc(-c2nnc(S[C@@H](C)C(=O)NC3CCCCC3)o2)c(OC)c1. The Bertz CT molecular complexity index is 774. The number of thioether (sulfide) groups is 1. The summed E-state index contributed by atoms with van der Waals surface area (Å²) in [6, 6.07) is 5.65. The first-order valence-corrected chi connectivity index (χ1v) is 10.0. The normalized spacial score (nSPS) is 16.0. The van der Waals surface area contributed by atoms with Gasteiger partial charge in [-0.1, -0.05) is 31.0 Å². The van der Waals surface area contributed by atoms with E-state index in [2.05, 4.69) is 15.5 Å². The summed E-state index contributed by atoms with van der Waals surface area (Å²) in [5.41, 5.74) is 0.678. The number of hydrogen-bond donors (Lipinski definition) is 1. The molecule has 1 heterocycles. The van der Waals surface area contributed by atoms with Crippen LogP contribution in [0.2, 0.25) is 0 Å². The highest BCUT2D eigenvalue weighted by atomic mass is 32.2. The molecule has 0 unspecified atom stereocenters. The van der Waals surface area contributed by atoms with E-state index in [1.165, 1.54) is 31.0 Å². The summed E-state index contributed by atoms with van der Waals surface area (Å²) in [6.07, 6.45) is 5.75. The van der Waals surface area contributed by atoms with Crippen molar-refractivity contribution in [3.8, 4) is 23.0 Å². The molecule has 0 radical (unpaired) electrons. The first-order valence-electron chi connectivity index (χ1n) is 9.13. The van der Waals surface area contributed by atoms with Gasteiger partial charge in [0.1, 0.15) is 11.5 Å². The Morgan fingerprint density at radius 1 is 1.22 bits per heavy atom. The summed E-state index contributed by atoms with van der Waals surface area (Å²) >= 11 is 1.26. The lowest BCUT2D eigenvalue weighted by Crippen LogP contribution is -2.40. The van der Waals surface area contributed by atoms with E-state index < -0.39 is 0 Å². The minimum Gasteiger partial charge on any atom is -0.497 e. The molecule has 1 N–H and O–H groups in total. The Labute approximate surface area is 163 Å². The molecule has 1 aromatic heterocycles. The molecule has 8 heteroatoms. The van der Waals surface area contributed by atoms with Crippen molar-refractivity contribution in [1.29, 1.82) is 0 Å². The van der Waals surface area contributed by atoms with E-state index in [-0.39, 0.29) is 17.2 Å². The van der Waals surface area contributed by atoms with Crippen LogP contribution in [0.1, 0.15) is 39.0 Å². The minimum absolute atomic E-state index is 0.00804. The van der Waals surface area contributed by atoms with Gasteiger partial charge in [-0.15, -0.1) is 10.2 Å². The van der Waals surface area contributed by atoms with E-state index in [4.69, 9.17) is 13.9 Å². The zero-order valence-corrected chi connectivity index (χ0v) is 16.7. The van der Waals surface area contributed by atoms with Gasteiger partial charge in [0, 0.05) is 12.1 Å². The van der Waals surface area contributed by atoms with Gasteiger partial charge < -0.3 is 19.2 Å². The fourth-order valence-corrected chi connectivity index (χ4v) is 3.80. The molecule has 1 aromatic carbocycles. The summed E-state index contributed by atoms with van der Waals surface area (Å²) in [4.78, 5) is 12.4. The second-order valence-corrected chi connectivity index (χ2v) is 7.83. The number of rotatable bonds is 7. The number of ether oxygens (including phenoxy) is 2. The van der Waals surface area contributed by atoms with Crippen molar-refractivity contribution >= 4 is 17.7 Å². The lowest BCUT2D eigenvalue weighted by atomic mass is 9.95. The van der Waals surface area contributed by atoms with Gasteiger partial charge in [-0.2, -0.15) is 0 Å². The molecule has 0 aliphatic heterocycles. The van der Waals surface area contributed by atoms with Crippen molar-refractivity contribution in [1.82, 2.24) is 15.5 Å². The van der Waals surface area contributed by atoms with Crippen LogP contribution in [0.4, 0.5) is 0 Å². The summed E-state index contributed by atoms with van der Waals surface area (Å²) < 4.78 is 16.3. The molecular formula is C19H25N3O4S. The Balaban J connectivity index is 1.64. The number of hydrogen-bond acceptors (Lipinski definition) is 7. The number of aromatic nitrogens is 2. The molecule has 2 aromatic rings. The molecule has 0 spiro atoms. The van der Waals surface area contributed by atoms with Crippen LogP contribution in [-0.4, -0.2) is 41.6 Å². The van der Waals surface area contributed by atoms with E-state index >= 15 is 0 Å². The van der Waals surface area contributed by atoms with Crippen molar-refractivity contribution < 1.29 is 18.7 Å². The molecule has 1 aliphatic rings. The largest absolute Gasteiger partial charge is 0.497 e. The van der Waals surface area contributed by atoms with Gasteiger partial charge in [-0.05, 0) is 31.9 Å². The maximum atomic E-state index is 12.4. The first-order chi connectivity index (χ1) is 13.1. The van der Waals surface area contributed by atoms with E-state index in [9.17, 15) is 4.79 Å². The number of carbonyl (C=O) groups is 1. The number of methoxy groups -OCH3 is 2. The summed E-state index contributed by atoms with van der Waals surface area (Å²) in [6.45, 7) is 1.85. The summed E-state index contributed by atoms with van der Waals surface area (Å²) in [5, 5.41) is 11.3. The second kappa shape index (κ2) is 9.12. The summed E-state index contributed by atoms with van der Waals surface area (Å²) in [5.74, 6) is 1.61. The smallest absolute Gasteiger partial charge is 0.277 e. The molecule has 27 heavy (non-hydrogen) atoms. The Kier molecular flexibility index (Phi) is 6.60. The van der Waals surface area contributed by atoms with Crippen LogP contribution in [0.5, 0.6) is 11.5 Å². The standard InChI is InChI=1S/C19H25N3O4S/c1-12(17(23)20-13-7-5-4-6-8-13)27-19-22-21-18(26-19)15-10-9-14(24-2)11-16(15)25-3/h9-13H,4-8H2,1-3H3,(H,20,23)/t12-/m0/s1. The molecule has 1 amide bonds. The van der Waals surface area contributed by atoms with Gasteiger partial charge in [0.2, 0.25) is 5.91 Å². The van der Waals surface area contributed by atoms with Gasteiger partial charge in [0.15, 0.2) is 0 Å². The molecule has 0 saturated heterocycles. The second-order valence-electron chi connectivity index (χ2n) is 6.54. The number of benzene rings is 1. The van der Waals surface area contributed by atoms with Crippen molar-refractivity contribution in [2.24, 2.45) is 0 Å². The number of carbonyl (C=O) groups excluding carboxylic acids is 1. The molecule has 1 aliphatic carbocycles. The van der Waals surface area contributed by atoms with Crippen LogP contribution in [0.3, 0.4) is 0 Å². The van der Waals surface area contributed by atoms with E-state index in [0.717, 1.165) is 12.8 Å². The molecule has 1 atom stereocenters. The molecule has 1 fully saturated rings. The maximum absolute atomic E-state index is 12.4. The highest BCUT2D eigenvalue weighted by molar-refractivity contribution is 8.00. The van der Waals surface area contributed by atoms with Gasteiger partial charge in [0.25, 0.3) is 11.1 Å². The average molecular weight is 391 g/mol. The Morgan fingerprint density at radius 2 is 2.00 bits per heavy atom. The highest BCUT2D eigenvalue weighted by Crippen LogP contribution is 2.34. The summed E-state index contributed by atoms with van der Waals surface area (Å²) in [7, 11) is 3.16. The fourth-order valence-electron chi connectivity index (χ4n) is 3.11. The molecule has 1 saturated carbocycles. The first kappa shape index (κ1) is 19.5. The fraction of sp³-hybridized carbons (Fsp3) is 0.526. The Morgan fingerprint density at radius 3 is 2.70 bits per heavy atom. The molecule has 146 valence electrons. The minimum atomic E-state index is -0.307. The molecular weight excluding hydrogens is 366 g/mol. The van der Waals surface area contributed by atoms with E-state index in [0.29, 0.717) is 28.2 Å². The lowest BCUT2D eigenvalue weighted by molar-refractivity contribution is -0.121. The third-order valence-electron chi connectivity index (χ3n) is 4.64. The van der Waals surface area contributed by atoms with E-state index in [1.54, 1.807) is 32.4 Å². The number of nitrogens with one attached hydrogen (secondary N) is 1. The highest BCUT2D eigenvalue weighted by Gasteiger charge is 2.23. The predicted octanol–water partition coefficient (Wildman–Crippen LogP) is 3.68.